The first-order valence-corrected chi connectivity index (χ1v) is 9.97. The summed E-state index contributed by atoms with van der Waals surface area (Å²) in [6.07, 6.45) is 2.02. The van der Waals surface area contributed by atoms with E-state index in [0.717, 1.165) is 5.75 Å². The van der Waals surface area contributed by atoms with Crippen molar-refractivity contribution in [3.05, 3.63) is 0 Å². The van der Waals surface area contributed by atoms with E-state index in [1.807, 2.05) is 23.5 Å². The average molecular weight is 298 g/mol. The van der Waals surface area contributed by atoms with Crippen molar-refractivity contribution in [2.24, 2.45) is 0 Å². The zero-order valence-electron chi connectivity index (χ0n) is 10.6. The maximum absolute atomic E-state index is 11.0. The molecule has 0 aliphatic carbocycles. The fraction of sp³-hybridized carbons (Fsp3) is 1.00. The van der Waals surface area contributed by atoms with Crippen molar-refractivity contribution in [2.75, 3.05) is 17.8 Å². The van der Waals surface area contributed by atoms with Crippen molar-refractivity contribution >= 4 is 33.4 Å². The van der Waals surface area contributed by atoms with E-state index in [2.05, 4.69) is 13.8 Å². The monoisotopic (exact) mass is 298 g/mol. The van der Waals surface area contributed by atoms with E-state index in [0.29, 0.717) is 23.3 Å². The number of sulfone groups is 1. The highest BCUT2D eigenvalue weighted by molar-refractivity contribution is 8.07. The third-order valence-corrected chi connectivity index (χ3v) is 7.59. The van der Waals surface area contributed by atoms with Gasteiger partial charge in [-0.1, -0.05) is 13.8 Å². The summed E-state index contributed by atoms with van der Waals surface area (Å²) in [5, 5.41) is 11.5. The minimum atomic E-state index is -2.89. The van der Waals surface area contributed by atoms with Crippen molar-refractivity contribution in [3.8, 4) is 0 Å². The van der Waals surface area contributed by atoms with Gasteiger partial charge in [-0.2, -0.15) is 23.5 Å². The zero-order chi connectivity index (χ0) is 13.1. The van der Waals surface area contributed by atoms with Gasteiger partial charge in [0.25, 0.3) is 0 Å². The third kappa shape index (κ3) is 5.85. The predicted octanol–water partition coefficient (Wildman–Crippen LogP) is 1.80. The molecule has 0 radical (unpaired) electrons. The molecule has 102 valence electrons. The SMILES string of the molecule is CC1SCC(C(O)CCCS(C)(=O)=O)SC1C. The van der Waals surface area contributed by atoms with Gasteiger partial charge in [-0.15, -0.1) is 0 Å². The van der Waals surface area contributed by atoms with E-state index in [1.165, 1.54) is 6.26 Å². The maximum atomic E-state index is 11.0. The van der Waals surface area contributed by atoms with Crippen LogP contribution in [-0.4, -0.2) is 53.1 Å². The number of hydrogen-bond donors (Lipinski definition) is 1. The summed E-state index contributed by atoms with van der Waals surface area (Å²) in [7, 11) is -2.89. The number of aliphatic hydroxyl groups excluding tert-OH is 1. The lowest BCUT2D eigenvalue weighted by molar-refractivity contribution is 0.166. The first-order chi connectivity index (χ1) is 7.79. The lowest BCUT2D eigenvalue weighted by atomic mass is 10.1. The molecule has 0 amide bonds. The quantitative estimate of drug-likeness (QED) is 0.839. The summed E-state index contributed by atoms with van der Waals surface area (Å²) in [6.45, 7) is 4.41. The van der Waals surface area contributed by atoms with Gasteiger partial charge < -0.3 is 5.11 Å². The standard InChI is InChI=1S/C11H22O3S3/c1-8-9(2)16-11(7-15-8)10(12)5-4-6-17(3,13)14/h8-12H,4-7H2,1-3H3. The van der Waals surface area contributed by atoms with Gasteiger partial charge in [0, 0.05) is 33.5 Å². The van der Waals surface area contributed by atoms with Gasteiger partial charge in [0.05, 0.1) is 6.10 Å². The topological polar surface area (TPSA) is 54.4 Å². The Morgan fingerprint density at radius 3 is 2.53 bits per heavy atom. The molecule has 0 aromatic carbocycles. The molecule has 1 aliphatic heterocycles. The maximum Gasteiger partial charge on any atom is 0.147 e. The van der Waals surface area contributed by atoms with E-state index in [9.17, 15) is 13.5 Å². The molecule has 1 fully saturated rings. The van der Waals surface area contributed by atoms with Gasteiger partial charge in [-0.3, -0.25) is 0 Å². The Morgan fingerprint density at radius 2 is 2.00 bits per heavy atom. The van der Waals surface area contributed by atoms with Crippen LogP contribution < -0.4 is 0 Å². The minimum absolute atomic E-state index is 0.181. The molecule has 1 heterocycles. The molecular formula is C11H22O3S3. The number of hydrogen-bond acceptors (Lipinski definition) is 5. The van der Waals surface area contributed by atoms with E-state index >= 15 is 0 Å². The van der Waals surface area contributed by atoms with Crippen LogP contribution in [0.25, 0.3) is 0 Å². The van der Waals surface area contributed by atoms with E-state index in [-0.39, 0.29) is 17.1 Å². The summed E-state index contributed by atoms with van der Waals surface area (Å²) in [5.41, 5.74) is 0. The molecule has 0 aromatic rings. The average Bonchev–Trinajstić information content (AvgIpc) is 2.20. The molecule has 1 saturated heterocycles. The normalized spacial score (nSPS) is 32.4. The Kier molecular flexibility index (Phi) is 6.16. The third-order valence-electron chi connectivity index (χ3n) is 3.02. The van der Waals surface area contributed by atoms with Crippen molar-refractivity contribution in [3.63, 3.8) is 0 Å². The molecule has 1 N–H and O–H groups in total. The Labute approximate surface area is 113 Å². The fourth-order valence-electron chi connectivity index (χ4n) is 1.75. The highest BCUT2D eigenvalue weighted by atomic mass is 32.2. The summed E-state index contributed by atoms with van der Waals surface area (Å²) in [5.74, 6) is 1.15. The van der Waals surface area contributed by atoms with Crippen LogP contribution in [0.3, 0.4) is 0 Å². The van der Waals surface area contributed by atoms with Crippen LogP contribution in [0.5, 0.6) is 0 Å². The Balaban J connectivity index is 2.31. The van der Waals surface area contributed by atoms with Crippen LogP contribution in [0.2, 0.25) is 0 Å². The highest BCUT2D eigenvalue weighted by Gasteiger charge is 2.30. The molecule has 0 bridgehead atoms. The van der Waals surface area contributed by atoms with Crippen molar-refractivity contribution in [1.29, 1.82) is 0 Å². The van der Waals surface area contributed by atoms with E-state index in [1.54, 1.807) is 0 Å². The lowest BCUT2D eigenvalue weighted by Crippen LogP contribution is -2.34. The number of thioether (sulfide) groups is 2. The van der Waals surface area contributed by atoms with Gasteiger partial charge in [-0.05, 0) is 12.8 Å². The van der Waals surface area contributed by atoms with Crippen LogP contribution in [-0.2, 0) is 9.84 Å². The van der Waals surface area contributed by atoms with Crippen molar-refractivity contribution in [1.82, 2.24) is 0 Å². The largest absolute Gasteiger partial charge is 0.392 e. The van der Waals surface area contributed by atoms with Gasteiger partial charge in [-0.25, -0.2) is 8.42 Å². The second-order valence-electron chi connectivity index (χ2n) is 4.76. The first-order valence-electron chi connectivity index (χ1n) is 5.92. The molecule has 3 nitrogen and oxygen atoms in total. The molecular weight excluding hydrogens is 276 g/mol. The van der Waals surface area contributed by atoms with Gasteiger partial charge in [0.2, 0.25) is 0 Å². The van der Waals surface area contributed by atoms with Crippen LogP contribution in [0.4, 0.5) is 0 Å². The summed E-state index contributed by atoms with van der Waals surface area (Å²) < 4.78 is 22.0. The van der Waals surface area contributed by atoms with E-state index < -0.39 is 9.84 Å². The fourth-order valence-corrected chi connectivity index (χ4v) is 5.50. The molecule has 0 aromatic heterocycles. The van der Waals surface area contributed by atoms with Crippen LogP contribution >= 0.6 is 23.5 Å². The van der Waals surface area contributed by atoms with Gasteiger partial charge in [0.1, 0.15) is 9.84 Å². The molecule has 6 heteroatoms. The van der Waals surface area contributed by atoms with Crippen LogP contribution in [0.1, 0.15) is 26.7 Å². The number of aliphatic hydroxyl groups is 1. The molecule has 17 heavy (non-hydrogen) atoms. The molecule has 4 atom stereocenters. The summed E-state index contributed by atoms with van der Waals surface area (Å²) in [6, 6.07) is 0. The van der Waals surface area contributed by atoms with Gasteiger partial charge in [0.15, 0.2) is 0 Å². The van der Waals surface area contributed by atoms with Crippen molar-refractivity contribution in [2.45, 2.75) is 48.5 Å². The smallest absolute Gasteiger partial charge is 0.147 e. The zero-order valence-corrected chi connectivity index (χ0v) is 13.1. The second-order valence-corrected chi connectivity index (χ2v) is 10.0. The van der Waals surface area contributed by atoms with Crippen LogP contribution in [0.15, 0.2) is 0 Å². The first kappa shape index (κ1) is 15.7. The summed E-state index contributed by atoms with van der Waals surface area (Å²) >= 11 is 3.74. The Bertz CT molecular complexity index is 329. The van der Waals surface area contributed by atoms with E-state index in [4.69, 9.17) is 0 Å². The second kappa shape index (κ2) is 6.68. The Morgan fingerprint density at radius 1 is 1.35 bits per heavy atom. The number of rotatable bonds is 5. The van der Waals surface area contributed by atoms with Crippen LogP contribution in [0, 0.1) is 0 Å². The highest BCUT2D eigenvalue weighted by Crippen LogP contribution is 2.37. The predicted molar refractivity (Wildman–Crippen MR) is 77.7 cm³/mol. The lowest BCUT2D eigenvalue weighted by Gasteiger charge is -2.33. The van der Waals surface area contributed by atoms with Gasteiger partial charge >= 0.3 is 0 Å². The van der Waals surface area contributed by atoms with Crippen molar-refractivity contribution < 1.29 is 13.5 Å². The molecule has 1 rings (SSSR count). The molecule has 4 unspecified atom stereocenters. The molecule has 0 saturated carbocycles. The Hall–Kier alpha value is 0.610. The molecule has 1 aliphatic rings. The molecule has 0 spiro atoms. The summed E-state index contributed by atoms with van der Waals surface area (Å²) in [4.78, 5) is 0. The minimum Gasteiger partial charge on any atom is -0.392 e.